The molecule has 1 heteroatoms. The highest BCUT2D eigenvalue weighted by molar-refractivity contribution is 5.21. The van der Waals surface area contributed by atoms with Crippen LogP contribution in [0.4, 0.5) is 0 Å². The fraction of sp³-hybridized carbons (Fsp3) is 0.833. The van der Waals surface area contributed by atoms with Crippen molar-refractivity contribution in [2.45, 2.75) is 57.4 Å². The first-order valence-electron chi connectivity index (χ1n) is 5.76. The predicted octanol–water partition coefficient (Wildman–Crippen LogP) is 3.02. The third-order valence-corrected chi connectivity index (χ3v) is 3.62. The minimum Gasteiger partial charge on any atom is -0.308 e. The molecule has 1 unspecified atom stereocenters. The number of hydrogen-bond acceptors (Lipinski definition) is 1. The average molecular weight is 179 g/mol. The lowest BCUT2D eigenvalue weighted by atomic mass is 9.87. The van der Waals surface area contributed by atoms with E-state index in [2.05, 4.69) is 18.3 Å². The summed E-state index contributed by atoms with van der Waals surface area (Å²) in [4.78, 5) is 0. The van der Waals surface area contributed by atoms with Crippen molar-refractivity contribution in [1.82, 2.24) is 5.32 Å². The van der Waals surface area contributed by atoms with Gasteiger partial charge in [-0.2, -0.15) is 0 Å². The molecule has 1 aliphatic carbocycles. The van der Waals surface area contributed by atoms with E-state index in [0.29, 0.717) is 5.54 Å². The highest BCUT2D eigenvalue weighted by Gasteiger charge is 2.31. The number of nitrogens with one attached hydrogen (secondary N) is 1. The largest absolute Gasteiger partial charge is 0.308 e. The van der Waals surface area contributed by atoms with Gasteiger partial charge in [0.25, 0.3) is 0 Å². The molecule has 0 amide bonds. The van der Waals surface area contributed by atoms with Gasteiger partial charge in [-0.1, -0.05) is 18.1 Å². The maximum absolute atomic E-state index is 3.66. The first-order chi connectivity index (χ1) is 6.31. The smallest absolute Gasteiger partial charge is 0.0365 e. The third-order valence-electron chi connectivity index (χ3n) is 3.62. The molecule has 74 valence electrons. The third kappa shape index (κ3) is 1.96. The molecule has 0 aromatic rings. The summed E-state index contributed by atoms with van der Waals surface area (Å²) in [7, 11) is 0. The zero-order valence-corrected chi connectivity index (χ0v) is 8.73. The molecular weight excluding hydrogens is 158 g/mol. The van der Waals surface area contributed by atoms with Gasteiger partial charge in [0.05, 0.1) is 0 Å². The van der Waals surface area contributed by atoms with Gasteiger partial charge in [-0.15, -0.1) is 0 Å². The fourth-order valence-corrected chi connectivity index (χ4v) is 2.68. The van der Waals surface area contributed by atoms with Crippen molar-refractivity contribution >= 4 is 0 Å². The van der Waals surface area contributed by atoms with Crippen LogP contribution in [0.15, 0.2) is 11.6 Å². The van der Waals surface area contributed by atoms with Gasteiger partial charge >= 0.3 is 0 Å². The fourth-order valence-electron chi connectivity index (χ4n) is 2.68. The zero-order valence-electron chi connectivity index (χ0n) is 8.73. The second kappa shape index (κ2) is 3.83. The summed E-state index contributed by atoms with van der Waals surface area (Å²) in [6, 6.07) is 0. The SMILES string of the molecule is CC1(C2=CCCCCC2)CCCN1. The monoisotopic (exact) mass is 179 g/mol. The lowest BCUT2D eigenvalue weighted by molar-refractivity contribution is 0.468. The minimum absolute atomic E-state index is 0.365. The predicted molar refractivity (Wildman–Crippen MR) is 56.8 cm³/mol. The molecule has 0 saturated carbocycles. The summed E-state index contributed by atoms with van der Waals surface area (Å²) in [5.74, 6) is 0. The van der Waals surface area contributed by atoms with E-state index in [0.717, 1.165) is 0 Å². The molecule has 1 N–H and O–H groups in total. The van der Waals surface area contributed by atoms with Gasteiger partial charge in [0.1, 0.15) is 0 Å². The summed E-state index contributed by atoms with van der Waals surface area (Å²) in [6.07, 6.45) is 12.1. The molecule has 1 atom stereocenters. The van der Waals surface area contributed by atoms with E-state index >= 15 is 0 Å². The lowest BCUT2D eigenvalue weighted by Gasteiger charge is -2.28. The molecule has 1 fully saturated rings. The van der Waals surface area contributed by atoms with Crippen LogP contribution in [0.2, 0.25) is 0 Å². The van der Waals surface area contributed by atoms with Gasteiger partial charge in [-0.05, 0) is 52.0 Å². The number of hydrogen-bond donors (Lipinski definition) is 1. The van der Waals surface area contributed by atoms with Crippen molar-refractivity contribution in [2.24, 2.45) is 0 Å². The van der Waals surface area contributed by atoms with Crippen LogP contribution in [0.25, 0.3) is 0 Å². The van der Waals surface area contributed by atoms with Crippen LogP contribution >= 0.6 is 0 Å². The van der Waals surface area contributed by atoms with Crippen molar-refractivity contribution in [1.29, 1.82) is 0 Å². The molecule has 2 aliphatic rings. The Balaban J connectivity index is 2.08. The quantitative estimate of drug-likeness (QED) is 0.610. The van der Waals surface area contributed by atoms with Crippen molar-refractivity contribution in [2.75, 3.05) is 6.54 Å². The first-order valence-corrected chi connectivity index (χ1v) is 5.76. The van der Waals surface area contributed by atoms with Gasteiger partial charge in [0, 0.05) is 5.54 Å². The van der Waals surface area contributed by atoms with E-state index in [1.165, 1.54) is 51.5 Å². The van der Waals surface area contributed by atoms with Crippen LogP contribution in [0, 0.1) is 0 Å². The highest BCUT2D eigenvalue weighted by atomic mass is 15.0. The van der Waals surface area contributed by atoms with Gasteiger partial charge < -0.3 is 5.32 Å². The van der Waals surface area contributed by atoms with Crippen molar-refractivity contribution in [3.8, 4) is 0 Å². The molecule has 1 saturated heterocycles. The van der Waals surface area contributed by atoms with Crippen molar-refractivity contribution < 1.29 is 0 Å². The van der Waals surface area contributed by atoms with Crippen molar-refractivity contribution in [3.63, 3.8) is 0 Å². The van der Waals surface area contributed by atoms with Crippen LogP contribution in [-0.2, 0) is 0 Å². The first kappa shape index (κ1) is 9.26. The van der Waals surface area contributed by atoms with Crippen LogP contribution in [0.3, 0.4) is 0 Å². The molecule has 13 heavy (non-hydrogen) atoms. The van der Waals surface area contributed by atoms with Crippen LogP contribution in [-0.4, -0.2) is 12.1 Å². The maximum atomic E-state index is 3.66. The Morgan fingerprint density at radius 1 is 1.23 bits per heavy atom. The molecule has 0 bridgehead atoms. The lowest BCUT2D eigenvalue weighted by Crippen LogP contribution is -2.38. The maximum Gasteiger partial charge on any atom is 0.0365 e. The topological polar surface area (TPSA) is 12.0 Å². The molecule has 1 aliphatic heterocycles. The van der Waals surface area contributed by atoms with E-state index in [9.17, 15) is 0 Å². The van der Waals surface area contributed by atoms with E-state index in [1.54, 1.807) is 5.57 Å². The van der Waals surface area contributed by atoms with Crippen LogP contribution in [0.5, 0.6) is 0 Å². The van der Waals surface area contributed by atoms with Gasteiger partial charge in [0.15, 0.2) is 0 Å². The van der Waals surface area contributed by atoms with E-state index in [4.69, 9.17) is 0 Å². The Hall–Kier alpha value is -0.300. The highest BCUT2D eigenvalue weighted by Crippen LogP contribution is 2.32. The van der Waals surface area contributed by atoms with Crippen LogP contribution in [0.1, 0.15) is 51.9 Å². The van der Waals surface area contributed by atoms with Gasteiger partial charge in [-0.3, -0.25) is 0 Å². The molecule has 0 aromatic carbocycles. The second-order valence-electron chi connectivity index (χ2n) is 4.69. The summed E-state index contributed by atoms with van der Waals surface area (Å²) in [6.45, 7) is 3.60. The standard InChI is InChI=1S/C12H21N/c1-12(9-6-10-13-12)11-7-4-2-3-5-8-11/h7,13H,2-6,8-10H2,1H3. The molecule has 0 aromatic heterocycles. The Labute approximate surface area is 81.6 Å². The Morgan fingerprint density at radius 2 is 2.15 bits per heavy atom. The molecule has 0 spiro atoms. The average Bonchev–Trinajstić information content (AvgIpc) is 2.44. The normalized spacial score (nSPS) is 35.6. The minimum atomic E-state index is 0.365. The molecule has 0 radical (unpaired) electrons. The van der Waals surface area contributed by atoms with E-state index in [-0.39, 0.29) is 0 Å². The van der Waals surface area contributed by atoms with Crippen LogP contribution < -0.4 is 5.32 Å². The Bertz CT molecular complexity index is 199. The molecule has 1 heterocycles. The Kier molecular flexibility index (Phi) is 2.73. The summed E-state index contributed by atoms with van der Waals surface area (Å²) < 4.78 is 0. The number of rotatable bonds is 1. The zero-order chi connectivity index (χ0) is 9.15. The summed E-state index contributed by atoms with van der Waals surface area (Å²) in [5, 5.41) is 3.66. The number of allylic oxidation sites excluding steroid dienone is 1. The van der Waals surface area contributed by atoms with Crippen molar-refractivity contribution in [3.05, 3.63) is 11.6 Å². The van der Waals surface area contributed by atoms with E-state index < -0.39 is 0 Å². The second-order valence-corrected chi connectivity index (χ2v) is 4.69. The molecule has 2 rings (SSSR count). The van der Waals surface area contributed by atoms with Gasteiger partial charge in [0.2, 0.25) is 0 Å². The molecule has 1 nitrogen and oxygen atoms in total. The Morgan fingerprint density at radius 3 is 2.92 bits per heavy atom. The van der Waals surface area contributed by atoms with Gasteiger partial charge in [-0.25, -0.2) is 0 Å². The summed E-state index contributed by atoms with van der Waals surface area (Å²) >= 11 is 0. The summed E-state index contributed by atoms with van der Waals surface area (Å²) in [5.41, 5.74) is 2.06. The van der Waals surface area contributed by atoms with E-state index in [1.807, 2.05) is 0 Å². The molecular formula is C12H21N.